The minimum atomic E-state index is -0.485. The molecule has 28 heavy (non-hydrogen) atoms. The zero-order chi connectivity index (χ0) is 19.9. The van der Waals surface area contributed by atoms with E-state index in [1.54, 1.807) is 29.7 Å². The minimum Gasteiger partial charge on any atom is -0.458 e. The van der Waals surface area contributed by atoms with Gasteiger partial charge < -0.3 is 4.74 Å². The van der Waals surface area contributed by atoms with Gasteiger partial charge in [0.2, 0.25) is 5.91 Å². The molecule has 0 bridgehead atoms. The largest absolute Gasteiger partial charge is 0.458 e. The van der Waals surface area contributed by atoms with Crippen LogP contribution in [0.3, 0.4) is 0 Å². The molecule has 0 aliphatic heterocycles. The molecule has 0 atom stereocenters. The van der Waals surface area contributed by atoms with Crippen molar-refractivity contribution in [3.63, 3.8) is 0 Å². The molecule has 0 radical (unpaired) electrons. The molecular weight excluding hydrogens is 396 g/mol. The highest BCUT2D eigenvalue weighted by molar-refractivity contribution is 7.14. The van der Waals surface area contributed by atoms with Gasteiger partial charge in [-0.2, -0.15) is 0 Å². The molecule has 1 aromatic heterocycles. The second-order valence-corrected chi connectivity index (χ2v) is 7.09. The third-order valence-electron chi connectivity index (χ3n) is 3.69. The molecule has 0 spiro atoms. The summed E-state index contributed by atoms with van der Waals surface area (Å²) in [6.45, 7) is 1.62. The van der Waals surface area contributed by atoms with Crippen LogP contribution in [-0.4, -0.2) is 16.9 Å². The Kier molecular flexibility index (Phi) is 6.57. The fourth-order valence-corrected chi connectivity index (χ4v) is 3.51. The number of hydrogen-bond acceptors (Lipinski definition) is 5. The van der Waals surface area contributed by atoms with Gasteiger partial charge in [0.1, 0.15) is 6.61 Å². The zero-order valence-electron chi connectivity index (χ0n) is 15.0. The van der Waals surface area contributed by atoms with E-state index >= 15 is 0 Å². The van der Waals surface area contributed by atoms with Gasteiger partial charge in [-0.1, -0.05) is 41.9 Å². The van der Waals surface area contributed by atoms with E-state index in [1.807, 2.05) is 36.4 Å². The maximum atomic E-state index is 12.1. The Morgan fingerprint density at radius 2 is 1.96 bits per heavy atom. The first-order valence-electron chi connectivity index (χ1n) is 8.43. The van der Waals surface area contributed by atoms with Gasteiger partial charge >= 0.3 is 5.97 Å². The lowest BCUT2D eigenvalue weighted by atomic mass is 10.2. The molecular formula is C21H17ClN2O3S. The molecule has 0 aliphatic rings. The van der Waals surface area contributed by atoms with Gasteiger partial charge in [0, 0.05) is 23.4 Å². The number of halogens is 1. The smallest absolute Gasteiger partial charge is 0.331 e. The standard InChI is InChI=1S/C21H17ClN2O3S/c1-15(25)24(19-8-3-2-4-9-19)21-23-18(14-28-21)10-11-20(26)27-13-16-6-5-7-17(22)12-16/h2-12,14H,13H2,1H3/b11-10+. The van der Waals surface area contributed by atoms with Crippen LogP contribution in [-0.2, 0) is 20.9 Å². The monoisotopic (exact) mass is 412 g/mol. The fourth-order valence-electron chi connectivity index (χ4n) is 2.44. The van der Waals surface area contributed by atoms with Gasteiger partial charge in [0.05, 0.1) is 11.4 Å². The van der Waals surface area contributed by atoms with Crippen molar-refractivity contribution in [2.75, 3.05) is 4.90 Å². The summed E-state index contributed by atoms with van der Waals surface area (Å²) in [4.78, 5) is 29.9. The average Bonchev–Trinajstić information content (AvgIpc) is 3.14. The maximum Gasteiger partial charge on any atom is 0.331 e. The molecule has 3 aromatic rings. The van der Waals surface area contributed by atoms with Crippen LogP contribution in [0, 0.1) is 0 Å². The second kappa shape index (κ2) is 9.30. The number of aromatic nitrogens is 1. The van der Waals surface area contributed by atoms with Gasteiger partial charge in [-0.15, -0.1) is 11.3 Å². The van der Waals surface area contributed by atoms with Crippen molar-refractivity contribution >= 4 is 51.7 Å². The number of hydrogen-bond donors (Lipinski definition) is 0. The van der Waals surface area contributed by atoms with Crippen LogP contribution in [0.1, 0.15) is 18.2 Å². The van der Waals surface area contributed by atoms with Crippen molar-refractivity contribution in [1.29, 1.82) is 0 Å². The van der Waals surface area contributed by atoms with Gasteiger partial charge in [0.15, 0.2) is 5.13 Å². The van der Waals surface area contributed by atoms with E-state index in [0.29, 0.717) is 15.8 Å². The Labute approximate surface area is 171 Å². The van der Waals surface area contributed by atoms with Crippen LogP contribution in [0.25, 0.3) is 6.08 Å². The molecule has 0 aliphatic carbocycles. The fraction of sp³-hybridized carbons (Fsp3) is 0.0952. The summed E-state index contributed by atoms with van der Waals surface area (Å²) in [5, 5.41) is 2.90. The molecule has 0 N–H and O–H groups in total. The number of rotatable bonds is 6. The van der Waals surface area contributed by atoms with Crippen molar-refractivity contribution in [2.45, 2.75) is 13.5 Å². The maximum absolute atomic E-state index is 12.1. The molecule has 3 rings (SSSR count). The number of benzene rings is 2. The summed E-state index contributed by atoms with van der Waals surface area (Å²) in [5.41, 5.74) is 2.12. The van der Waals surface area contributed by atoms with Crippen LogP contribution < -0.4 is 4.90 Å². The average molecular weight is 413 g/mol. The highest BCUT2D eigenvalue weighted by atomic mass is 35.5. The molecule has 1 amide bonds. The Morgan fingerprint density at radius 1 is 1.18 bits per heavy atom. The van der Waals surface area contributed by atoms with Gasteiger partial charge in [-0.25, -0.2) is 9.78 Å². The van der Waals surface area contributed by atoms with E-state index in [-0.39, 0.29) is 12.5 Å². The molecule has 2 aromatic carbocycles. The van der Waals surface area contributed by atoms with E-state index in [0.717, 1.165) is 11.3 Å². The van der Waals surface area contributed by atoms with E-state index in [1.165, 1.54) is 29.2 Å². The number of para-hydroxylation sites is 1. The summed E-state index contributed by atoms with van der Waals surface area (Å²) >= 11 is 7.23. The summed E-state index contributed by atoms with van der Waals surface area (Å²) in [6.07, 6.45) is 2.87. The number of esters is 1. The lowest BCUT2D eigenvalue weighted by Crippen LogP contribution is -2.22. The van der Waals surface area contributed by atoms with Crippen molar-refractivity contribution in [3.8, 4) is 0 Å². The SMILES string of the molecule is CC(=O)N(c1ccccc1)c1nc(/C=C/C(=O)OCc2cccc(Cl)c2)cs1. The Balaban J connectivity index is 1.64. The number of carbonyl (C=O) groups is 2. The van der Waals surface area contributed by atoms with E-state index in [2.05, 4.69) is 4.98 Å². The summed E-state index contributed by atoms with van der Waals surface area (Å²) in [7, 11) is 0. The lowest BCUT2D eigenvalue weighted by Gasteiger charge is -2.17. The van der Waals surface area contributed by atoms with Crippen molar-refractivity contribution in [1.82, 2.24) is 4.98 Å². The molecule has 142 valence electrons. The first-order valence-corrected chi connectivity index (χ1v) is 9.69. The summed E-state index contributed by atoms with van der Waals surface area (Å²) < 4.78 is 5.19. The first kappa shape index (κ1) is 19.8. The number of thiazole rings is 1. The summed E-state index contributed by atoms with van der Waals surface area (Å²) in [6, 6.07) is 16.4. The lowest BCUT2D eigenvalue weighted by molar-refractivity contribution is -0.138. The number of amides is 1. The highest BCUT2D eigenvalue weighted by Gasteiger charge is 2.17. The predicted molar refractivity (Wildman–Crippen MR) is 112 cm³/mol. The van der Waals surface area contributed by atoms with Gasteiger partial charge in [-0.05, 0) is 35.9 Å². The second-order valence-electron chi connectivity index (χ2n) is 5.82. The Hall–Kier alpha value is -2.96. The third-order valence-corrected chi connectivity index (χ3v) is 4.77. The molecule has 0 saturated carbocycles. The zero-order valence-corrected chi connectivity index (χ0v) is 16.6. The predicted octanol–water partition coefficient (Wildman–Crippen LogP) is 5.24. The van der Waals surface area contributed by atoms with Crippen molar-refractivity contribution in [3.05, 3.63) is 82.3 Å². The minimum absolute atomic E-state index is 0.137. The number of anilines is 2. The highest BCUT2D eigenvalue weighted by Crippen LogP contribution is 2.29. The van der Waals surface area contributed by atoms with Crippen LogP contribution in [0.4, 0.5) is 10.8 Å². The Bertz CT molecular complexity index is 1000. The van der Waals surface area contributed by atoms with Gasteiger partial charge in [0.25, 0.3) is 0 Å². The van der Waals surface area contributed by atoms with Crippen LogP contribution in [0.2, 0.25) is 5.02 Å². The molecule has 0 unspecified atom stereocenters. The van der Waals surface area contributed by atoms with Crippen LogP contribution in [0.15, 0.2) is 66.1 Å². The topological polar surface area (TPSA) is 59.5 Å². The molecule has 1 heterocycles. The van der Waals surface area contributed by atoms with Crippen LogP contribution >= 0.6 is 22.9 Å². The molecule has 7 heteroatoms. The van der Waals surface area contributed by atoms with Gasteiger partial charge in [-0.3, -0.25) is 9.69 Å². The molecule has 5 nitrogen and oxygen atoms in total. The normalized spacial score (nSPS) is 10.8. The quantitative estimate of drug-likeness (QED) is 0.410. The third kappa shape index (κ3) is 5.28. The number of ether oxygens (including phenoxy) is 1. The van der Waals surface area contributed by atoms with E-state index in [4.69, 9.17) is 16.3 Å². The van der Waals surface area contributed by atoms with E-state index in [9.17, 15) is 9.59 Å². The first-order chi connectivity index (χ1) is 13.5. The van der Waals surface area contributed by atoms with Crippen molar-refractivity contribution in [2.24, 2.45) is 0 Å². The van der Waals surface area contributed by atoms with E-state index < -0.39 is 5.97 Å². The molecule has 0 fully saturated rings. The summed E-state index contributed by atoms with van der Waals surface area (Å²) in [5.74, 6) is -0.627. The van der Waals surface area contributed by atoms with Crippen molar-refractivity contribution < 1.29 is 14.3 Å². The Morgan fingerprint density at radius 3 is 2.68 bits per heavy atom. The number of carbonyl (C=O) groups excluding carboxylic acids is 2. The molecule has 0 saturated heterocycles. The van der Waals surface area contributed by atoms with Crippen LogP contribution in [0.5, 0.6) is 0 Å². The number of nitrogens with zero attached hydrogens (tertiary/aromatic N) is 2.